The molecule has 1 heterocycles. The molecule has 0 bridgehead atoms. The molecule has 0 saturated carbocycles. The molecule has 106 valence electrons. The summed E-state index contributed by atoms with van der Waals surface area (Å²) in [6.07, 6.45) is 0.365. The predicted molar refractivity (Wildman–Crippen MR) is 74.6 cm³/mol. The lowest BCUT2D eigenvalue weighted by Gasteiger charge is -2.08. The zero-order valence-electron chi connectivity index (χ0n) is 11.6. The molecule has 0 aliphatic rings. The summed E-state index contributed by atoms with van der Waals surface area (Å²) in [6.45, 7) is 6.06. The van der Waals surface area contributed by atoms with Gasteiger partial charge in [-0.05, 0) is 20.8 Å². The summed E-state index contributed by atoms with van der Waals surface area (Å²) in [5.41, 5.74) is 0.631. The Morgan fingerprint density at radius 3 is 2.68 bits per heavy atom. The third kappa shape index (κ3) is 4.86. The van der Waals surface area contributed by atoms with Crippen molar-refractivity contribution < 1.29 is 14.3 Å². The average molecular weight is 285 g/mol. The average Bonchev–Trinajstić information content (AvgIpc) is 2.68. The number of aryl methyl sites for hydroxylation is 1. The fourth-order valence-electron chi connectivity index (χ4n) is 1.43. The van der Waals surface area contributed by atoms with E-state index in [0.717, 1.165) is 0 Å². The lowest BCUT2D eigenvalue weighted by molar-refractivity contribution is -0.121. The van der Waals surface area contributed by atoms with Crippen LogP contribution in [0.15, 0.2) is 0 Å². The molecule has 0 unspecified atom stereocenters. The molecule has 0 saturated heterocycles. The first-order valence-corrected chi connectivity index (χ1v) is 6.84. The summed E-state index contributed by atoms with van der Waals surface area (Å²) >= 11 is 1.23. The molecule has 0 aliphatic heterocycles. The highest BCUT2D eigenvalue weighted by Gasteiger charge is 2.15. The highest BCUT2D eigenvalue weighted by atomic mass is 32.1. The Hall–Kier alpha value is -1.63. The molecule has 1 aromatic heterocycles. The number of hydrogen-bond donors (Lipinski definition) is 2. The van der Waals surface area contributed by atoms with Crippen LogP contribution in [0, 0.1) is 6.92 Å². The van der Waals surface area contributed by atoms with E-state index in [9.17, 15) is 9.59 Å². The maximum absolute atomic E-state index is 11.4. The van der Waals surface area contributed by atoms with E-state index in [1.165, 1.54) is 18.4 Å². The minimum atomic E-state index is -0.388. The number of nitrogens with one attached hydrogen (secondary N) is 2. The van der Waals surface area contributed by atoms with Gasteiger partial charge in [-0.3, -0.25) is 4.79 Å². The number of esters is 1. The van der Waals surface area contributed by atoms with Gasteiger partial charge in [0.05, 0.1) is 12.8 Å². The fraction of sp³-hybridized carbons (Fsp3) is 0.583. The van der Waals surface area contributed by atoms with Gasteiger partial charge in [0, 0.05) is 19.0 Å². The lowest BCUT2D eigenvalue weighted by atomic mass is 10.3. The van der Waals surface area contributed by atoms with E-state index in [0.29, 0.717) is 28.7 Å². The van der Waals surface area contributed by atoms with Gasteiger partial charge in [0.25, 0.3) is 0 Å². The molecule has 0 aliphatic carbocycles. The molecule has 1 aromatic rings. The van der Waals surface area contributed by atoms with Crippen molar-refractivity contribution in [3.05, 3.63) is 10.6 Å². The normalized spacial score (nSPS) is 10.4. The lowest BCUT2D eigenvalue weighted by Crippen LogP contribution is -2.31. The smallest absolute Gasteiger partial charge is 0.350 e. The number of carbonyl (C=O) groups is 2. The summed E-state index contributed by atoms with van der Waals surface area (Å²) in [7, 11) is 1.34. The molecule has 2 N–H and O–H groups in total. The van der Waals surface area contributed by atoms with Gasteiger partial charge >= 0.3 is 5.97 Å². The molecular weight excluding hydrogens is 266 g/mol. The third-order valence-electron chi connectivity index (χ3n) is 2.25. The highest BCUT2D eigenvalue weighted by molar-refractivity contribution is 7.17. The summed E-state index contributed by atoms with van der Waals surface area (Å²) in [5, 5.41) is 6.45. The van der Waals surface area contributed by atoms with Crippen molar-refractivity contribution in [3.8, 4) is 0 Å². The van der Waals surface area contributed by atoms with Crippen molar-refractivity contribution in [1.29, 1.82) is 0 Å². The maximum atomic E-state index is 11.4. The number of thiazole rings is 1. The number of amides is 1. The van der Waals surface area contributed by atoms with Crippen molar-refractivity contribution in [2.45, 2.75) is 33.2 Å². The molecule has 0 spiro atoms. The number of carbonyl (C=O) groups excluding carboxylic acids is 2. The largest absolute Gasteiger partial charge is 0.465 e. The van der Waals surface area contributed by atoms with E-state index in [1.54, 1.807) is 6.92 Å². The molecular formula is C12H19N3O3S. The van der Waals surface area contributed by atoms with Crippen LogP contribution in [-0.4, -0.2) is 36.6 Å². The molecule has 0 fully saturated rings. The number of methoxy groups -OCH3 is 1. The Bertz CT molecular complexity index is 457. The van der Waals surface area contributed by atoms with E-state index in [2.05, 4.69) is 20.4 Å². The van der Waals surface area contributed by atoms with Crippen LogP contribution < -0.4 is 10.6 Å². The number of aromatic nitrogens is 1. The zero-order chi connectivity index (χ0) is 14.4. The minimum Gasteiger partial charge on any atom is -0.465 e. The predicted octanol–water partition coefficient (Wildman–Crippen LogP) is 1.56. The van der Waals surface area contributed by atoms with Gasteiger partial charge in [-0.1, -0.05) is 11.3 Å². The van der Waals surface area contributed by atoms with E-state index < -0.39 is 0 Å². The number of hydrogen-bond acceptors (Lipinski definition) is 6. The zero-order valence-corrected chi connectivity index (χ0v) is 12.4. The second kappa shape index (κ2) is 7.08. The Morgan fingerprint density at radius 1 is 1.42 bits per heavy atom. The standard InChI is InChI=1S/C12H19N3O3S/c1-7(2)14-9(16)5-6-13-12-15-8(3)10(19-12)11(17)18-4/h7H,5-6H2,1-4H3,(H,13,15)(H,14,16). The van der Waals surface area contributed by atoms with Gasteiger partial charge in [0.2, 0.25) is 5.91 Å². The second-order valence-corrected chi connectivity index (χ2v) is 5.32. The van der Waals surface area contributed by atoms with Gasteiger partial charge in [-0.15, -0.1) is 0 Å². The second-order valence-electron chi connectivity index (χ2n) is 4.32. The SMILES string of the molecule is COC(=O)c1sc(NCCC(=O)NC(C)C)nc1C. The summed E-state index contributed by atoms with van der Waals surface area (Å²) in [6, 6.07) is 0.139. The van der Waals surface area contributed by atoms with E-state index >= 15 is 0 Å². The monoisotopic (exact) mass is 285 g/mol. The molecule has 0 radical (unpaired) electrons. The van der Waals surface area contributed by atoms with Crippen molar-refractivity contribution in [3.63, 3.8) is 0 Å². The van der Waals surface area contributed by atoms with Crippen LogP contribution in [0.2, 0.25) is 0 Å². The molecule has 0 atom stereocenters. The molecule has 19 heavy (non-hydrogen) atoms. The van der Waals surface area contributed by atoms with Crippen molar-refractivity contribution in [1.82, 2.24) is 10.3 Å². The third-order valence-corrected chi connectivity index (χ3v) is 3.34. The number of nitrogens with zero attached hydrogens (tertiary/aromatic N) is 1. The highest BCUT2D eigenvalue weighted by Crippen LogP contribution is 2.22. The fourth-order valence-corrected chi connectivity index (χ4v) is 2.34. The molecule has 7 heteroatoms. The van der Waals surface area contributed by atoms with E-state index in [1.807, 2.05) is 13.8 Å². The van der Waals surface area contributed by atoms with Crippen LogP contribution in [0.4, 0.5) is 5.13 Å². The van der Waals surface area contributed by atoms with Gasteiger partial charge < -0.3 is 15.4 Å². The van der Waals surface area contributed by atoms with Crippen LogP contribution in [0.5, 0.6) is 0 Å². The molecule has 1 rings (SSSR count). The van der Waals surface area contributed by atoms with Gasteiger partial charge in [-0.2, -0.15) is 0 Å². The van der Waals surface area contributed by atoms with Gasteiger partial charge in [0.15, 0.2) is 5.13 Å². The van der Waals surface area contributed by atoms with Crippen molar-refractivity contribution in [2.24, 2.45) is 0 Å². The Balaban J connectivity index is 2.46. The first-order valence-electron chi connectivity index (χ1n) is 6.03. The first-order chi connectivity index (χ1) is 8.93. The first kappa shape index (κ1) is 15.4. The number of rotatable bonds is 6. The van der Waals surface area contributed by atoms with Crippen molar-refractivity contribution in [2.75, 3.05) is 19.0 Å². The summed E-state index contributed by atoms with van der Waals surface area (Å²) < 4.78 is 4.66. The van der Waals surface area contributed by atoms with Crippen molar-refractivity contribution >= 4 is 28.3 Å². The maximum Gasteiger partial charge on any atom is 0.350 e. The minimum absolute atomic E-state index is 0.0102. The summed E-state index contributed by atoms with van der Waals surface area (Å²) in [5.74, 6) is -0.399. The van der Waals surface area contributed by atoms with Crippen LogP contribution in [0.3, 0.4) is 0 Å². The van der Waals surface area contributed by atoms with Crippen LogP contribution in [0.1, 0.15) is 35.6 Å². The number of ether oxygens (including phenoxy) is 1. The number of anilines is 1. The molecule has 0 aromatic carbocycles. The topological polar surface area (TPSA) is 80.3 Å². The Morgan fingerprint density at radius 2 is 2.11 bits per heavy atom. The van der Waals surface area contributed by atoms with Gasteiger partial charge in [-0.25, -0.2) is 9.78 Å². The Labute approximate surface area is 116 Å². The van der Waals surface area contributed by atoms with E-state index in [-0.39, 0.29) is 17.9 Å². The van der Waals surface area contributed by atoms with Gasteiger partial charge in [0.1, 0.15) is 4.88 Å². The Kier molecular flexibility index (Phi) is 5.75. The van der Waals surface area contributed by atoms with Crippen LogP contribution >= 0.6 is 11.3 Å². The molecule has 1 amide bonds. The van der Waals surface area contributed by atoms with Crippen LogP contribution in [-0.2, 0) is 9.53 Å². The van der Waals surface area contributed by atoms with Crippen LogP contribution in [0.25, 0.3) is 0 Å². The quantitative estimate of drug-likeness (QED) is 0.775. The molecule has 6 nitrogen and oxygen atoms in total. The van der Waals surface area contributed by atoms with E-state index in [4.69, 9.17) is 0 Å². The summed E-state index contributed by atoms with van der Waals surface area (Å²) in [4.78, 5) is 27.5.